The molecule has 0 bridgehead atoms. The maximum atomic E-state index is 5.32. The van der Waals surface area contributed by atoms with E-state index < -0.39 is 0 Å². The first-order valence-corrected chi connectivity index (χ1v) is 8.52. The number of rotatable bonds is 6. The molecular formula is C18H31IN4O. The first-order valence-electron chi connectivity index (χ1n) is 8.52. The number of ether oxygens (including phenoxy) is 1. The second-order valence-corrected chi connectivity index (χ2v) is 6.11. The van der Waals surface area contributed by atoms with Gasteiger partial charge >= 0.3 is 0 Å². The minimum Gasteiger partial charge on any atom is -0.497 e. The van der Waals surface area contributed by atoms with E-state index in [9.17, 15) is 0 Å². The van der Waals surface area contributed by atoms with Crippen LogP contribution in [-0.4, -0.2) is 51.2 Å². The summed E-state index contributed by atoms with van der Waals surface area (Å²) < 4.78 is 5.32. The fourth-order valence-electron chi connectivity index (χ4n) is 2.97. The Bertz CT molecular complexity index is 516. The molecule has 1 aliphatic rings. The van der Waals surface area contributed by atoms with Crippen LogP contribution in [0.4, 0.5) is 0 Å². The van der Waals surface area contributed by atoms with Gasteiger partial charge in [-0.15, -0.1) is 24.0 Å². The van der Waals surface area contributed by atoms with E-state index >= 15 is 0 Å². The lowest BCUT2D eigenvalue weighted by atomic mass is 10.1. The van der Waals surface area contributed by atoms with Crippen molar-refractivity contribution < 1.29 is 4.74 Å². The molecule has 1 aromatic carbocycles. The van der Waals surface area contributed by atoms with Crippen LogP contribution in [0, 0.1) is 6.92 Å². The highest BCUT2D eigenvalue weighted by atomic mass is 127. The molecule has 1 heterocycles. The number of methoxy groups -OCH3 is 1. The van der Waals surface area contributed by atoms with Gasteiger partial charge in [-0.05, 0) is 56.1 Å². The Morgan fingerprint density at radius 3 is 2.58 bits per heavy atom. The molecule has 1 aromatic rings. The van der Waals surface area contributed by atoms with Gasteiger partial charge in [0.15, 0.2) is 5.96 Å². The molecule has 136 valence electrons. The van der Waals surface area contributed by atoms with Gasteiger partial charge in [-0.25, -0.2) is 0 Å². The summed E-state index contributed by atoms with van der Waals surface area (Å²) in [7, 11) is 3.51. The lowest BCUT2D eigenvalue weighted by Crippen LogP contribution is -2.42. The van der Waals surface area contributed by atoms with Crippen LogP contribution in [0.1, 0.15) is 30.4 Å². The summed E-state index contributed by atoms with van der Waals surface area (Å²) in [5, 5.41) is 6.76. The average Bonchev–Trinajstić information content (AvgIpc) is 2.58. The van der Waals surface area contributed by atoms with E-state index in [1.54, 1.807) is 7.11 Å². The zero-order chi connectivity index (χ0) is 16.5. The monoisotopic (exact) mass is 446 g/mol. The molecule has 0 spiro atoms. The van der Waals surface area contributed by atoms with Gasteiger partial charge in [0.25, 0.3) is 0 Å². The number of benzene rings is 1. The Morgan fingerprint density at radius 2 is 1.92 bits per heavy atom. The van der Waals surface area contributed by atoms with E-state index in [-0.39, 0.29) is 24.0 Å². The van der Waals surface area contributed by atoms with Crippen LogP contribution in [0.5, 0.6) is 5.75 Å². The molecule has 0 amide bonds. The normalized spacial score (nSPS) is 15.5. The van der Waals surface area contributed by atoms with E-state index in [2.05, 4.69) is 39.6 Å². The van der Waals surface area contributed by atoms with Crippen LogP contribution in [0.2, 0.25) is 0 Å². The van der Waals surface area contributed by atoms with E-state index in [1.807, 2.05) is 13.1 Å². The quantitative estimate of drug-likeness (QED) is 0.401. The minimum atomic E-state index is 0. The van der Waals surface area contributed by atoms with Crippen molar-refractivity contribution in [1.82, 2.24) is 15.5 Å². The third kappa shape index (κ3) is 7.25. The van der Waals surface area contributed by atoms with E-state index in [1.165, 1.54) is 43.5 Å². The molecule has 2 N–H and O–H groups in total. The van der Waals surface area contributed by atoms with Crippen molar-refractivity contribution in [2.24, 2.45) is 4.99 Å². The minimum absolute atomic E-state index is 0. The van der Waals surface area contributed by atoms with Gasteiger partial charge < -0.3 is 20.3 Å². The number of aliphatic imine (C=N–C) groups is 1. The van der Waals surface area contributed by atoms with Crippen LogP contribution in [-0.2, 0) is 6.54 Å². The molecule has 0 saturated carbocycles. The third-order valence-electron chi connectivity index (χ3n) is 4.20. The number of halogens is 1. The molecule has 0 unspecified atom stereocenters. The van der Waals surface area contributed by atoms with Crippen molar-refractivity contribution >= 4 is 29.9 Å². The number of hydrogen-bond donors (Lipinski definition) is 2. The molecule has 0 radical (unpaired) electrons. The Hall–Kier alpha value is -1.02. The van der Waals surface area contributed by atoms with Crippen LogP contribution in [0.15, 0.2) is 23.2 Å². The van der Waals surface area contributed by atoms with Gasteiger partial charge in [0.1, 0.15) is 5.75 Å². The van der Waals surface area contributed by atoms with Gasteiger partial charge in [0.2, 0.25) is 0 Å². The maximum absolute atomic E-state index is 5.32. The first kappa shape index (κ1) is 21.0. The summed E-state index contributed by atoms with van der Waals surface area (Å²) in [4.78, 5) is 6.82. The van der Waals surface area contributed by atoms with Gasteiger partial charge in [-0.3, -0.25) is 4.99 Å². The average molecular weight is 446 g/mol. The van der Waals surface area contributed by atoms with E-state index in [0.29, 0.717) is 0 Å². The SMILES string of the molecule is CN=C(NCCN1CCCCC1)NCc1cc(C)cc(OC)c1.I. The van der Waals surface area contributed by atoms with Crippen LogP contribution in [0.3, 0.4) is 0 Å². The zero-order valence-electron chi connectivity index (χ0n) is 15.1. The molecule has 24 heavy (non-hydrogen) atoms. The number of aryl methyl sites for hydroxylation is 1. The van der Waals surface area contributed by atoms with Crippen LogP contribution in [0.25, 0.3) is 0 Å². The number of hydrogen-bond acceptors (Lipinski definition) is 3. The van der Waals surface area contributed by atoms with Crippen LogP contribution >= 0.6 is 24.0 Å². The highest BCUT2D eigenvalue weighted by Gasteiger charge is 2.09. The van der Waals surface area contributed by atoms with Crippen molar-refractivity contribution in [2.45, 2.75) is 32.7 Å². The second-order valence-electron chi connectivity index (χ2n) is 6.11. The van der Waals surface area contributed by atoms with Gasteiger partial charge in [-0.2, -0.15) is 0 Å². The summed E-state index contributed by atoms with van der Waals surface area (Å²) in [5.74, 6) is 1.75. The number of guanidine groups is 1. The molecule has 2 rings (SSSR count). The molecule has 0 aliphatic carbocycles. The molecule has 0 aromatic heterocycles. The highest BCUT2D eigenvalue weighted by Crippen LogP contribution is 2.16. The van der Waals surface area contributed by atoms with E-state index in [4.69, 9.17) is 4.74 Å². The Balaban J connectivity index is 0.00000288. The summed E-state index contributed by atoms with van der Waals surface area (Å²) in [6.45, 7) is 7.29. The lowest BCUT2D eigenvalue weighted by Gasteiger charge is -2.26. The number of nitrogens with one attached hydrogen (secondary N) is 2. The van der Waals surface area contributed by atoms with Gasteiger partial charge in [0, 0.05) is 26.7 Å². The van der Waals surface area contributed by atoms with Crippen molar-refractivity contribution in [3.63, 3.8) is 0 Å². The first-order chi connectivity index (χ1) is 11.2. The summed E-state index contributed by atoms with van der Waals surface area (Å²) in [6, 6.07) is 6.26. The summed E-state index contributed by atoms with van der Waals surface area (Å²) >= 11 is 0. The van der Waals surface area contributed by atoms with Crippen LogP contribution < -0.4 is 15.4 Å². The second kappa shape index (κ2) is 11.5. The molecule has 1 saturated heterocycles. The predicted molar refractivity (Wildman–Crippen MR) is 112 cm³/mol. The Labute approximate surface area is 163 Å². The summed E-state index contributed by atoms with van der Waals surface area (Å²) in [6.07, 6.45) is 4.05. The van der Waals surface area contributed by atoms with E-state index in [0.717, 1.165) is 31.3 Å². The largest absolute Gasteiger partial charge is 0.497 e. The van der Waals surface area contributed by atoms with Crippen molar-refractivity contribution in [1.29, 1.82) is 0 Å². The fraction of sp³-hybridized carbons (Fsp3) is 0.611. The lowest BCUT2D eigenvalue weighted by molar-refractivity contribution is 0.232. The topological polar surface area (TPSA) is 48.9 Å². The van der Waals surface area contributed by atoms with Gasteiger partial charge in [0.05, 0.1) is 7.11 Å². The third-order valence-corrected chi connectivity index (χ3v) is 4.20. The molecule has 6 heteroatoms. The summed E-state index contributed by atoms with van der Waals surface area (Å²) in [5.41, 5.74) is 2.40. The smallest absolute Gasteiger partial charge is 0.191 e. The maximum Gasteiger partial charge on any atom is 0.191 e. The van der Waals surface area contributed by atoms with Crippen molar-refractivity contribution in [3.05, 3.63) is 29.3 Å². The fourth-order valence-corrected chi connectivity index (χ4v) is 2.97. The number of piperidine rings is 1. The van der Waals surface area contributed by atoms with Crippen molar-refractivity contribution in [3.8, 4) is 5.75 Å². The zero-order valence-corrected chi connectivity index (χ0v) is 17.4. The Kier molecular flexibility index (Phi) is 10.1. The Morgan fingerprint density at radius 1 is 1.17 bits per heavy atom. The molecule has 0 atom stereocenters. The standard InChI is InChI=1S/C18H30N4O.HI/c1-15-11-16(13-17(12-15)23-3)14-21-18(19-2)20-7-10-22-8-5-4-6-9-22;/h11-13H,4-10,14H2,1-3H3,(H2,19,20,21);1H. The number of likely N-dealkylation sites (tertiary alicyclic amines) is 1. The molecule has 1 fully saturated rings. The van der Waals surface area contributed by atoms with Crippen molar-refractivity contribution in [2.75, 3.05) is 40.3 Å². The van der Waals surface area contributed by atoms with Gasteiger partial charge in [-0.1, -0.05) is 12.5 Å². The molecule has 1 aliphatic heterocycles. The highest BCUT2D eigenvalue weighted by molar-refractivity contribution is 14.0. The predicted octanol–water partition coefficient (Wildman–Crippen LogP) is 2.77. The molecule has 5 nitrogen and oxygen atoms in total. The number of nitrogens with zero attached hydrogens (tertiary/aromatic N) is 2. The molecular weight excluding hydrogens is 415 g/mol.